The summed E-state index contributed by atoms with van der Waals surface area (Å²) in [5.41, 5.74) is 2.05. The smallest absolute Gasteiger partial charge is 0.103 e. The van der Waals surface area contributed by atoms with Gasteiger partial charge in [-0.25, -0.2) is 4.98 Å². The Labute approximate surface area is 111 Å². The number of rotatable bonds is 3. The van der Waals surface area contributed by atoms with Crippen LogP contribution in [-0.4, -0.2) is 23.1 Å². The van der Waals surface area contributed by atoms with Gasteiger partial charge < -0.3 is 5.32 Å². The summed E-state index contributed by atoms with van der Waals surface area (Å²) >= 11 is 1.82. The van der Waals surface area contributed by atoms with E-state index in [9.17, 15) is 0 Å². The molecule has 2 aromatic heterocycles. The van der Waals surface area contributed by atoms with Crippen LogP contribution in [0, 0.1) is 12.8 Å². The fourth-order valence-corrected chi connectivity index (χ4v) is 3.47. The molecule has 0 saturated carbocycles. The minimum Gasteiger partial charge on any atom is -0.316 e. The van der Waals surface area contributed by atoms with Gasteiger partial charge in [-0.2, -0.15) is 0 Å². The van der Waals surface area contributed by atoms with E-state index < -0.39 is 0 Å². The lowest BCUT2D eigenvalue weighted by molar-refractivity contribution is 0.578. The molecule has 2 aromatic rings. The van der Waals surface area contributed by atoms with E-state index in [1.807, 2.05) is 35.7 Å². The van der Waals surface area contributed by atoms with Crippen molar-refractivity contribution >= 4 is 11.3 Å². The lowest BCUT2D eigenvalue weighted by atomic mass is 10.1. The fraction of sp³-hybridized carbons (Fsp3) is 0.429. The standard InChI is InChI=1S/C14H17N3S/c1-10-14(12-4-2-3-6-16-12)17-13(18-10)8-11-5-7-15-9-11/h2-4,6,11,15H,5,7-9H2,1H3. The van der Waals surface area contributed by atoms with Crippen molar-refractivity contribution in [2.24, 2.45) is 5.92 Å². The van der Waals surface area contributed by atoms with Crippen LogP contribution in [-0.2, 0) is 6.42 Å². The first kappa shape index (κ1) is 11.8. The first-order valence-electron chi connectivity index (χ1n) is 6.41. The third-order valence-electron chi connectivity index (χ3n) is 3.37. The van der Waals surface area contributed by atoms with E-state index in [1.54, 1.807) is 0 Å². The molecule has 3 heterocycles. The predicted molar refractivity (Wildman–Crippen MR) is 74.8 cm³/mol. The number of nitrogens with zero attached hydrogens (tertiary/aromatic N) is 2. The Morgan fingerprint density at radius 2 is 2.39 bits per heavy atom. The molecule has 94 valence electrons. The topological polar surface area (TPSA) is 37.8 Å². The van der Waals surface area contributed by atoms with Gasteiger partial charge in [0.2, 0.25) is 0 Å². The summed E-state index contributed by atoms with van der Waals surface area (Å²) in [6.45, 7) is 4.43. The molecule has 1 atom stereocenters. The molecule has 3 rings (SSSR count). The SMILES string of the molecule is Cc1sc(CC2CCNC2)nc1-c1ccccn1. The Kier molecular flexibility index (Phi) is 3.39. The molecular formula is C14H17N3S. The van der Waals surface area contributed by atoms with Crippen LogP contribution in [0.25, 0.3) is 11.4 Å². The van der Waals surface area contributed by atoms with Crippen molar-refractivity contribution in [1.82, 2.24) is 15.3 Å². The number of aromatic nitrogens is 2. The summed E-state index contributed by atoms with van der Waals surface area (Å²) in [6.07, 6.45) is 4.21. The molecular weight excluding hydrogens is 242 g/mol. The maximum Gasteiger partial charge on any atom is 0.103 e. The zero-order valence-electron chi connectivity index (χ0n) is 10.5. The van der Waals surface area contributed by atoms with Gasteiger partial charge in [-0.05, 0) is 44.5 Å². The Balaban J connectivity index is 1.82. The van der Waals surface area contributed by atoms with Gasteiger partial charge >= 0.3 is 0 Å². The second-order valence-electron chi connectivity index (χ2n) is 4.79. The van der Waals surface area contributed by atoms with E-state index in [0.29, 0.717) is 0 Å². The Morgan fingerprint density at radius 1 is 1.44 bits per heavy atom. The highest BCUT2D eigenvalue weighted by Crippen LogP contribution is 2.28. The summed E-state index contributed by atoms with van der Waals surface area (Å²) in [5, 5.41) is 4.66. The molecule has 3 nitrogen and oxygen atoms in total. The number of pyridine rings is 1. The molecule has 1 unspecified atom stereocenters. The quantitative estimate of drug-likeness (QED) is 0.921. The van der Waals surface area contributed by atoms with Crippen LogP contribution in [0.5, 0.6) is 0 Å². The number of hydrogen-bond acceptors (Lipinski definition) is 4. The normalized spacial score (nSPS) is 19.3. The van der Waals surface area contributed by atoms with Crippen LogP contribution in [0.15, 0.2) is 24.4 Å². The summed E-state index contributed by atoms with van der Waals surface area (Å²) < 4.78 is 0. The van der Waals surface area contributed by atoms with Crippen molar-refractivity contribution < 1.29 is 0 Å². The third-order valence-corrected chi connectivity index (χ3v) is 4.37. The maximum atomic E-state index is 4.77. The van der Waals surface area contributed by atoms with Crippen molar-refractivity contribution in [3.05, 3.63) is 34.3 Å². The molecule has 1 aliphatic heterocycles. The minimum atomic E-state index is 0.757. The Hall–Kier alpha value is -1.26. The lowest BCUT2D eigenvalue weighted by Gasteiger charge is -2.03. The average molecular weight is 259 g/mol. The van der Waals surface area contributed by atoms with E-state index in [2.05, 4.69) is 17.2 Å². The first-order chi connectivity index (χ1) is 8.83. The molecule has 0 bridgehead atoms. The van der Waals surface area contributed by atoms with Gasteiger partial charge in [-0.15, -0.1) is 11.3 Å². The molecule has 4 heteroatoms. The predicted octanol–water partition coefficient (Wildman–Crippen LogP) is 2.67. The maximum absolute atomic E-state index is 4.77. The average Bonchev–Trinajstić information content (AvgIpc) is 3.01. The highest BCUT2D eigenvalue weighted by atomic mass is 32.1. The molecule has 1 saturated heterocycles. The largest absolute Gasteiger partial charge is 0.316 e. The van der Waals surface area contributed by atoms with Gasteiger partial charge in [-0.1, -0.05) is 6.07 Å². The van der Waals surface area contributed by atoms with Crippen LogP contribution < -0.4 is 5.32 Å². The lowest BCUT2D eigenvalue weighted by Crippen LogP contribution is -2.10. The number of nitrogens with one attached hydrogen (secondary N) is 1. The molecule has 1 N–H and O–H groups in total. The highest BCUT2D eigenvalue weighted by Gasteiger charge is 2.18. The van der Waals surface area contributed by atoms with Crippen molar-refractivity contribution in [3.8, 4) is 11.4 Å². The molecule has 1 aliphatic rings. The van der Waals surface area contributed by atoms with E-state index >= 15 is 0 Å². The molecule has 0 aliphatic carbocycles. The van der Waals surface area contributed by atoms with Crippen molar-refractivity contribution in [1.29, 1.82) is 0 Å². The summed E-state index contributed by atoms with van der Waals surface area (Å²) in [4.78, 5) is 10.4. The van der Waals surface area contributed by atoms with E-state index in [1.165, 1.54) is 16.3 Å². The molecule has 1 fully saturated rings. The van der Waals surface area contributed by atoms with Crippen molar-refractivity contribution in [2.75, 3.05) is 13.1 Å². The highest BCUT2D eigenvalue weighted by molar-refractivity contribution is 7.12. The van der Waals surface area contributed by atoms with Gasteiger partial charge in [0.15, 0.2) is 0 Å². The van der Waals surface area contributed by atoms with Crippen molar-refractivity contribution in [3.63, 3.8) is 0 Å². The van der Waals surface area contributed by atoms with Gasteiger partial charge in [0.25, 0.3) is 0 Å². The van der Waals surface area contributed by atoms with Crippen LogP contribution in [0.3, 0.4) is 0 Å². The second-order valence-corrected chi connectivity index (χ2v) is 6.08. The van der Waals surface area contributed by atoms with Gasteiger partial charge in [0.05, 0.1) is 10.7 Å². The van der Waals surface area contributed by atoms with Gasteiger partial charge in [0.1, 0.15) is 5.69 Å². The number of aryl methyl sites for hydroxylation is 1. The molecule has 18 heavy (non-hydrogen) atoms. The summed E-state index contributed by atoms with van der Waals surface area (Å²) in [7, 11) is 0. The van der Waals surface area contributed by atoms with Gasteiger partial charge in [-0.3, -0.25) is 4.98 Å². The molecule has 0 spiro atoms. The number of thiazole rings is 1. The minimum absolute atomic E-state index is 0.757. The van der Waals surface area contributed by atoms with Crippen LogP contribution in [0.1, 0.15) is 16.3 Å². The zero-order valence-corrected chi connectivity index (χ0v) is 11.3. The van der Waals surface area contributed by atoms with E-state index in [0.717, 1.165) is 36.8 Å². The second kappa shape index (κ2) is 5.16. The van der Waals surface area contributed by atoms with Crippen LogP contribution in [0.2, 0.25) is 0 Å². The fourth-order valence-electron chi connectivity index (χ4n) is 2.41. The van der Waals surface area contributed by atoms with Crippen LogP contribution >= 0.6 is 11.3 Å². The number of hydrogen-bond donors (Lipinski definition) is 1. The van der Waals surface area contributed by atoms with E-state index in [-0.39, 0.29) is 0 Å². The molecule has 0 radical (unpaired) electrons. The van der Waals surface area contributed by atoms with Crippen LogP contribution in [0.4, 0.5) is 0 Å². The molecule has 0 amide bonds. The van der Waals surface area contributed by atoms with Crippen molar-refractivity contribution in [2.45, 2.75) is 19.8 Å². The Bertz CT molecular complexity index is 515. The van der Waals surface area contributed by atoms with Gasteiger partial charge in [0, 0.05) is 17.5 Å². The molecule has 0 aromatic carbocycles. The first-order valence-corrected chi connectivity index (χ1v) is 7.23. The summed E-state index contributed by atoms with van der Waals surface area (Å²) in [6, 6.07) is 5.99. The van der Waals surface area contributed by atoms with E-state index in [4.69, 9.17) is 4.98 Å². The zero-order chi connectivity index (χ0) is 12.4. The Morgan fingerprint density at radius 3 is 3.11 bits per heavy atom. The third kappa shape index (κ3) is 2.44. The monoisotopic (exact) mass is 259 g/mol. The summed E-state index contributed by atoms with van der Waals surface area (Å²) in [5.74, 6) is 0.757.